The van der Waals surface area contributed by atoms with Gasteiger partial charge in [0, 0.05) is 4.90 Å². The van der Waals surface area contributed by atoms with Gasteiger partial charge in [0.1, 0.15) is 0 Å². The van der Waals surface area contributed by atoms with Gasteiger partial charge in [-0.15, -0.1) is 11.8 Å². The number of hydrogen-bond acceptors (Lipinski definition) is 3. The van der Waals surface area contributed by atoms with Gasteiger partial charge >= 0.3 is 0 Å². The summed E-state index contributed by atoms with van der Waals surface area (Å²) in [5.74, 6) is 0.671. The van der Waals surface area contributed by atoms with Crippen molar-refractivity contribution in [2.75, 3.05) is 5.75 Å². The average molecular weight is 587 g/mol. The Kier molecular flexibility index (Phi) is 13.3. The molecular formula is C37H50N2O2S. The summed E-state index contributed by atoms with van der Waals surface area (Å²) in [4.78, 5) is 27.0. The van der Waals surface area contributed by atoms with Crippen LogP contribution >= 0.6 is 11.8 Å². The van der Waals surface area contributed by atoms with Crippen LogP contribution < -0.4 is 10.6 Å². The zero-order valence-corrected chi connectivity index (χ0v) is 26.7. The lowest BCUT2D eigenvalue weighted by Gasteiger charge is -2.08. The number of carbonyl (C=O) groups is 2. The van der Waals surface area contributed by atoms with Crippen molar-refractivity contribution in [1.29, 1.82) is 0 Å². The lowest BCUT2D eigenvalue weighted by molar-refractivity contribution is -0.117. The van der Waals surface area contributed by atoms with Crippen LogP contribution in [0.4, 0.5) is 0 Å². The molecule has 0 aliphatic carbocycles. The zero-order chi connectivity index (χ0) is 29.6. The molecule has 4 nitrogen and oxygen atoms in total. The monoisotopic (exact) mass is 586 g/mol. The van der Waals surface area contributed by atoms with Crippen LogP contribution in [0.1, 0.15) is 126 Å². The minimum atomic E-state index is -0.226. The molecular weight excluding hydrogens is 536 g/mol. The third-order valence-corrected chi connectivity index (χ3v) is 9.53. The summed E-state index contributed by atoms with van der Waals surface area (Å²) in [6, 6.07) is 16.1. The highest BCUT2D eigenvalue weighted by Gasteiger charge is 2.40. The van der Waals surface area contributed by atoms with Crippen molar-refractivity contribution < 1.29 is 9.59 Å². The molecule has 0 aromatic heterocycles. The molecule has 2 aliphatic rings. The molecule has 0 saturated heterocycles. The molecule has 0 atom stereocenters. The van der Waals surface area contributed by atoms with Crippen LogP contribution in [0, 0.1) is 6.92 Å². The predicted octanol–water partition coefficient (Wildman–Crippen LogP) is 9.73. The molecule has 2 amide bonds. The Morgan fingerprint density at radius 3 is 1.33 bits per heavy atom. The second-order valence-corrected chi connectivity index (χ2v) is 13.1. The van der Waals surface area contributed by atoms with Crippen molar-refractivity contribution in [3.8, 4) is 0 Å². The van der Waals surface area contributed by atoms with Crippen LogP contribution in [0.15, 0.2) is 64.6 Å². The van der Waals surface area contributed by atoms with Crippen LogP contribution in [-0.4, -0.2) is 17.6 Å². The third-order valence-electron chi connectivity index (χ3n) is 8.43. The van der Waals surface area contributed by atoms with Gasteiger partial charge in [-0.1, -0.05) is 145 Å². The number of fused-ring (bicyclic) bond motifs is 1. The highest BCUT2D eigenvalue weighted by Crippen LogP contribution is 2.37. The summed E-state index contributed by atoms with van der Waals surface area (Å²) in [6.07, 6.45) is 22.3. The topological polar surface area (TPSA) is 58.2 Å². The first-order valence-electron chi connectivity index (χ1n) is 16.5. The number of unbranched alkanes of at least 4 members (excludes halogenated alkanes) is 15. The molecule has 4 rings (SSSR count). The van der Waals surface area contributed by atoms with E-state index in [9.17, 15) is 9.59 Å². The van der Waals surface area contributed by atoms with Crippen LogP contribution in [0.2, 0.25) is 0 Å². The largest absolute Gasteiger partial charge is 0.321 e. The number of aryl methyl sites for hydroxylation is 1. The zero-order valence-electron chi connectivity index (χ0n) is 25.9. The molecule has 0 unspecified atom stereocenters. The first-order valence-corrected chi connectivity index (χ1v) is 17.5. The molecule has 0 fully saturated rings. The number of benzene rings is 2. The Hall–Kier alpha value is -2.79. The summed E-state index contributed by atoms with van der Waals surface area (Å²) in [7, 11) is 0. The van der Waals surface area contributed by atoms with Crippen molar-refractivity contribution in [2.45, 2.75) is 121 Å². The summed E-state index contributed by atoms with van der Waals surface area (Å²) in [5.41, 5.74) is 4.92. The minimum Gasteiger partial charge on any atom is -0.321 e. The third kappa shape index (κ3) is 9.36. The summed E-state index contributed by atoms with van der Waals surface area (Å²) < 4.78 is 0. The van der Waals surface area contributed by atoms with Gasteiger partial charge in [0.2, 0.25) is 0 Å². The summed E-state index contributed by atoms with van der Waals surface area (Å²) in [5, 5.41) is 5.88. The quantitative estimate of drug-likeness (QED) is 0.120. The van der Waals surface area contributed by atoms with Crippen molar-refractivity contribution in [3.63, 3.8) is 0 Å². The molecule has 0 saturated carbocycles. The number of amides is 2. The van der Waals surface area contributed by atoms with Gasteiger partial charge in [-0.05, 0) is 42.4 Å². The standard InChI is InChI=1S/C37H50N2O2S/c1-3-4-5-6-7-8-9-10-11-12-13-14-15-16-17-18-27-42-31-25-23-30(24-26-31)35-33-32(36(40)39-35)34(38-37(33)41)29-21-19-28(2)20-22-29/h19-26H,3-18,27H2,1-2H3,(H,38,41)(H,39,40). The fraction of sp³-hybridized carbons (Fsp3) is 0.514. The molecule has 0 bridgehead atoms. The Labute approximate surface area is 258 Å². The minimum absolute atomic E-state index is 0.226. The lowest BCUT2D eigenvalue weighted by atomic mass is 10.0. The Morgan fingerprint density at radius 1 is 0.524 bits per heavy atom. The van der Waals surface area contributed by atoms with Gasteiger partial charge < -0.3 is 10.6 Å². The molecule has 0 radical (unpaired) electrons. The van der Waals surface area contributed by atoms with Crippen molar-refractivity contribution in [1.82, 2.24) is 10.6 Å². The number of hydrogen-bond donors (Lipinski definition) is 2. The van der Waals surface area contributed by atoms with Gasteiger partial charge in [0.05, 0.1) is 22.5 Å². The average Bonchev–Trinajstić information content (AvgIpc) is 3.53. The second kappa shape index (κ2) is 17.4. The van der Waals surface area contributed by atoms with E-state index in [1.807, 2.05) is 55.1 Å². The smallest absolute Gasteiger partial charge is 0.258 e. The van der Waals surface area contributed by atoms with Crippen molar-refractivity contribution >= 4 is 35.0 Å². The molecule has 42 heavy (non-hydrogen) atoms. The highest BCUT2D eigenvalue weighted by molar-refractivity contribution is 7.99. The van der Waals surface area contributed by atoms with Crippen LogP contribution in [-0.2, 0) is 9.59 Å². The normalized spacial score (nSPS) is 14.5. The molecule has 2 aromatic rings. The molecule has 2 heterocycles. The van der Waals surface area contributed by atoms with Gasteiger partial charge in [-0.2, -0.15) is 0 Å². The molecule has 5 heteroatoms. The second-order valence-electron chi connectivity index (χ2n) is 12.0. The van der Waals surface area contributed by atoms with Crippen LogP contribution in [0.25, 0.3) is 11.4 Å². The number of thioether (sulfide) groups is 1. The van der Waals surface area contributed by atoms with E-state index in [0.29, 0.717) is 22.5 Å². The number of nitrogens with one attached hydrogen (secondary N) is 2. The van der Waals surface area contributed by atoms with E-state index in [-0.39, 0.29) is 11.8 Å². The van der Waals surface area contributed by atoms with E-state index >= 15 is 0 Å². The van der Waals surface area contributed by atoms with E-state index in [2.05, 4.69) is 29.7 Å². The molecule has 0 spiro atoms. The summed E-state index contributed by atoms with van der Waals surface area (Å²) in [6.45, 7) is 4.30. The number of carbonyl (C=O) groups excluding carboxylic acids is 2. The summed E-state index contributed by atoms with van der Waals surface area (Å²) >= 11 is 1.89. The van der Waals surface area contributed by atoms with Gasteiger partial charge in [0.25, 0.3) is 11.8 Å². The molecule has 2 N–H and O–H groups in total. The predicted molar refractivity (Wildman–Crippen MR) is 178 cm³/mol. The maximum atomic E-state index is 12.9. The molecule has 2 aromatic carbocycles. The van der Waals surface area contributed by atoms with E-state index in [1.165, 1.54) is 108 Å². The SMILES string of the molecule is CCCCCCCCCCCCCCCCCCSc1ccc(C2=C3C(=O)NC(c4ccc(C)cc4)=C3C(=O)N2)cc1. The van der Waals surface area contributed by atoms with Gasteiger partial charge in [-0.3, -0.25) is 9.59 Å². The maximum absolute atomic E-state index is 12.9. The van der Waals surface area contributed by atoms with Crippen molar-refractivity contribution in [2.24, 2.45) is 0 Å². The Morgan fingerprint density at radius 2 is 0.905 bits per heavy atom. The van der Waals surface area contributed by atoms with E-state index in [1.54, 1.807) is 0 Å². The van der Waals surface area contributed by atoms with Crippen LogP contribution in [0.5, 0.6) is 0 Å². The Balaban J connectivity index is 1.10. The lowest BCUT2D eigenvalue weighted by Crippen LogP contribution is -2.21. The van der Waals surface area contributed by atoms with Crippen LogP contribution in [0.3, 0.4) is 0 Å². The van der Waals surface area contributed by atoms with E-state index in [0.717, 1.165) is 22.4 Å². The first-order chi connectivity index (χ1) is 20.6. The van der Waals surface area contributed by atoms with E-state index in [4.69, 9.17) is 0 Å². The molecule has 2 aliphatic heterocycles. The first kappa shape index (κ1) is 32.1. The fourth-order valence-electron chi connectivity index (χ4n) is 5.89. The Bertz CT molecular complexity index is 1230. The van der Waals surface area contributed by atoms with Gasteiger partial charge in [-0.25, -0.2) is 0 Å². The van der Waals surface area contributed by atoms with E-state index < -0.39 is 0 Å². The van der Waals surface area contributed by atoms with Crippen molar-refractivity contribution in [3.05, 3.63) is 76.4 Å². The van der Waals surface area contributed by atoms with Gasteiger partial charge in [0.15, 0.2) is 0 Å². The highest BCUT2D eigenvalue weighted by atomic mass is 32.2. The maximum Gasteiger partial charge on any atom is 0.258 e. The fourth-order valence-corrected chi connectivity index (χ4v) is 6.81. The number of rotatable bonds is 20. The molecule has 226 valence electrons.